The summed E-state index contributed by atoms with van der Waals surface area (Å²) in [6.07, 6.45) is 19.8. The Morgan fingerprint density at radius 3 is 2.43 bits per heavy atom. The quantitative estimate of drug-likeness (QED) is 0.262. The number of halogens is 2. The summed E-state index contributed by atoms with van der Waals surface area (Å²) in [5.41, 5.74) is 3.16. The van der Waals surface area contributed by atoms with E-state index in [1.807, 2.05) is 44.2 Å². The van der Waals surface area contributed by atoms with Crippen molar-refractivity contribution in [2.24, 2.45) is 5.92 Å². The maximum absolute atomic E-state index is 15.4. The molecule has 0 amide bonds. The van der Waals surface area contributed by atoms with Crippen LogP contribution in [0.1, 0.15) is 66.7 Å². The van der Waals surface area contributed by atoms with E-state index in [0.717, 1.165) is 30.4 Å². The second kappa shape index (κ2) is 15.1. The molecular formula is C29H40F2N4. The molecule has 0 spiro atoms. The molecule has 35 heavy (non-hydrogen) atoms. The molecule has 190 valence electrons. The van der Waals surface area contributed by atoms with E-state index < -0.39 is 5.82 Å². The Balaban J connectivity index is 2.27. The minimum Gasteiger partial charge on any atom is -0.367 e. The van der Waals surface area contributed by atoms with Crippen molar-refractivity contribution in [3.05, 3.63) is 82.8 Å². The number of rotatable bonds is 14. The average Bonchev–Trinajstić information content (AvgIpc) is 3.66. The maximum atomic E-state index is 15.4. The normalized spacial score (nSPS) is 16.3. The van der Waals surface area contributed by atoms with Crippen molar-refractivity contribution in [3.8, 4) is 0 Å². The van der Waals surface area contributed by atoms with Crippen molar-refractivity contribution >= 4 is 11.6 Å². The van der Waals surface area contributed by atoms with Gasteiger partial charge in [0.25, 0.3) is 0 Å². The van der Waals surface area contributed by atoms with Gasteiger partial charge in [-0.3, -0.25) is 0 Å². The number of aromatic nitrogens is 2. The zero-order chi connectivity index (χ0) is 25.6. The molecule has 0 saturated heterocycles. The fourth-order valence-corrected chi connectivity index (χ4v) is 3.42. The molecule has 1 saturated carbocycles. The van der Waals surface area contributed by atoms with Gasteiger partial charge in [-0.2, -0.15) is 4.39 Å². The van der Waals surface area contributed by atoms with Gasteiger partial charge in [-0.05, 0) is 75.2 Å². The van der Waals surface area contributed by atoms with Crippen molar-refractivity contribution in [3.63, 3.8) is 0 Å². The van der Waals surface area contributed by atoms with E-state index in [1.54, 1.807) is 6.92 Å². The fourth-order valence-electron chi connectivity index (χ4n) is 3.42. The fraction of sp³-hybridized carbons (Fsp3) is 0.448. The first-order valence-electron chi connectivity index (χ1n) is 12.6. The topological polar surface area (TPSA) is 49.8 Å². The van der Waals surface area contributed by atoms with Gasteiger partial charge in [0.15, 0.2) is 11.6 Å². The first-order chi connectivity index (χ1) is 16.9. The summed E-state index contributed by atoms with van der Waals surface area (Å²) in [6.45, 7) is 10.8. The molecule has 1 heterocycles. The van der Waals surface area contributed by atoms with Crippen molar-refractivity contribution in [2.45, 2.75) is 66.7 Å². The summed E-state index contributed by atoms with van der Waals surface area (Å²) in [5.74, 6) is 0.0454. The van der Waals surface area contributed by atoms with Crippen molar-refractivity contribution in [1.29, 1.82) is 0 Å². The molecule has 4 nitrogen and oxygen atoms in total. The van der Waals surface area contributed by atoms with Crippen LogP contribution >= 0.6 is 0 Å². The Labute approximate surface area is 209 Å². The third kappa shape index (κ3) is 10.0. The highest BCUT2D eigenvalue weighted by atomic mass is 19.1. The predicted molar refractivity (Wildman–Crippen MR) is 145 cm³/mol. The van der Waals surface area contributed by atoms with Crippen LogP contribution in [-0.2, 0) is 0 Å². The molecule has 2 rings (SSSR count). The van der Waals surface area contributed by atoms with Gasteiger partial charge < -0.3 is 10.6 Å². The van der Waals surface area contributed by atoms with Gasteiger partial charge in [-0.25, -0.2) is 14.4 Å². The Kier molecular flexibility index (Phi) is 12.2. The zero-order valence-corrected chi connectivity index (χ0v) is 21.8. The highest BCUT2D eigenvalue weighted by Crippen LogP contribution is 2.29. The molecule has 0 aromatic carbocycles. The molecule has 0 unspecified atom stereocenters. The number of unbranched alkanes of at least 4 members (excludes halogenated alkanes) is 1. The van der Waals surface area contributed by atoms with E-state index in [1.165, 1.54) is 25.2 Å². The predicted octanol–water partition coefficient (Wildman–Crippen LogP) is 8.23. The van der Waals surface area contributed by atoms with Crippen LogP contribution in [0.5, 0.6) is 0 Å². The van der Waals surface area contributed by atoms with Gasteiger partial charge in [0.05, 0.1) is 0 Å². The number of hydrogen-bond acceptors (Lipinski definition) is 4. The van der Waals surface area contributed by atoms with E-state index >= 15 is 4.39 Å². The van der Waals surface area contributed by atoms with Crippen LogP contribution in [0, 0.1) is 11.7 Å². The first kappa shape index (κ1) is 28.2. The lowest BCUT2D eigenvalue weighted by atomic mass is 10.0. The Bertz CT molecular complexity index is 1010. The van der Waals surface area contributed by atoms with Crippen LogP contribution in [-0.4, -0.2) is 23.1 Å². The molecule has 0 aliphatic heterocycles. The summed E-state index contributed by atoms with van der Waals surface area (Å²) in [6, 6.07) is 0. The van der Waals surface area contributed by atoms with Crippen LogP contribution in [0.3, 0.4) is 0 Å². The van der Waals surface area contributed by atoms with Gasteiger partial charge in [0.2, 0.25) is 5.82 Å². The van der Waals surface area contributed by atoms with Gasteiger partial charge in [-0.1, -0.05) is 62.3 Å². The van der Waals surface area contributed by atoms with Gasteiger partial charge in [0, 0.05) is 13.1 Å². The second-order valence-corrected chi connectivity index (χ2v) is 8.90. The lowest BCUT2D eigenvalue weighted by molar-refractivity contribution is 0.619. The molecule has 1 aromatic heterocycles. The summed E-state index contributed by atoms with van der Waals surface area (Å²) < 4.78 is 30.2. The third-order valence-corrected chi connectivity index (χ3v) is 5.65. The summed E-state index contributed by atoms with van der Waals surface area (Å²) >= 11 is 0. The van der Waals surface area contributed by atoms with Gasteiger partial charge >= 0.3 is 0 Å². The van der Waals surface area contributed by atoms with Crippen LogP contribution < -0.4 is 10.6 Å². The lowest BCUT2D eigenvalue weighted by Gasteiger charge is -2.11. The molecule has 0 bridgehead atoms. The second-order valence-electron chi connectivity index (χ2n) is 8.90. The Hall–Kier alpha value is -3.02. The highest BCUT2D eigenvalue weighted by Gasteiger charge is 2.22. The lowest BCUT2D eigenvalue weighted by Crippen LogP contribution is -2.12. The number of nitrogens with one attached hydrogen (secondary N) is 2. The maximum Gasteiger partial charge on any atom is 0.207 e. The summed E-state index contributed by atoms with van der Waals surface area (Å²) in [4.78, 5) is 8.07. The Morgan fingerprint density at radius 1 is 1.09 bits per heavy atom. The molecule has 1 aliphatic carbocycles. The Morgan fingerprint density at radius 2 is 1.80 bits per heavy atom. The molecule has 0 atom stereocenters. The monoisotopic (exact) mass is 482 g/mol. The number of nitrogens with zero attached hydrogens (tertiary/aromatic N) is 2. The van der Waals surface area contributed by atoms with Crippen molar-refractivity contribution in [1.82, 2.24) is 9.97 Å². The van der Waals surface area contributed by atoms with Crippen molar-refractivity contribution < 1.29 is 8.78 Å². The minimum absolute atomic E-state index is 0.101. The SMILES string of the molecule is C\C=C/C(=C\C(C)=C\CC)C(/C)=C(F)/C=C(\C=C\CCC)CNc1ncnc(NCC2CC2)c1F. The molecule has 1 aliphatic rings. The van der Waals surface area contributed by atoms with E-state index in [-0.39, 0.29) is 24.0 Å². The number of hydrogen-bond donors (Lipinski definition) is 2. The molecule has 1 aromatic rings. The minimum atomic E-state index is -0.520. The highest BCUT2D eigenvalue weighted by molar-refractivity contribution is 5.51. The van der Waals surface area contributed by atoms with E-state index in [4.69, 9.17) is 0 Å². The van der Waals surface area contributed by atoms with Crippen molar-refractivity contribution in [2.75, 3.05) is 23.7 Å². The average molecular weight is 483 g/mol. The van der Waals surface area contributed by atoms with Gasteiger partial charge in [0.1, 0.15) is 12.2 Å². The third-order valence-electron chi connectivity index (χ3n) is 5.65. The summed E-state index contributed by atoms with van der Waals surface area (Å²) in [7, 11) is 0. The standard InChI is InChI=1S/C29H40F2N4/c1-6-9-10-13-24(17-26(30)22(5)25(12-8-3)16-21(4)11-7-2)19-33-29-27(31)28(34-20-35-29)32-18-23-14-15-23/h8,10-13,16-17,20,23H,6-7,9,14-15,18-19H2,1-5H3,(H2,32,33,34,35)/b12-8-,13-10+,21-11+,24-17+,25-16+,26-22-. The van der Waals surface area contributed by atoms with Crippen LogP contribution in [0.2, 0.25) is 0 Å². The van der Waals surface area contributed by atoms with E-state index in [2.05, 4.69) is 40.5 Å². The smallest absolute Gasteiger partial charge is 0.207 e. The molecule has 6 heteroatoms. The van der Waals surface area contributed by atoms with Gasteiger partial charge in [-0.15, -0.1) is 0 Å². The molecule has 1 fully saturated rings. The summed E-state index contributed by atoms with van der Waals surface area (Å²) in [5, 5.41) is 6.08. The molecule has 0 radical (unpaired) electrons. The molecular weight excluding hydrogens is 442 g/mol. The van der Waals surface area contributed by atoms with Crippen LogP contribution in [0.25, 0.3) is 0 Å². The largest absolute Gasteiger partial charge is 0.367 e. The number of anilines is 2. The van der Waals surface area contributed by atoms with Crippen LogP contribution in [0.4, 0.5) is 20.4 Å². The first-order valence-corrected chi connectivity index (χ1v) is 12.6. The number of allylic oxidation sites excluding steroid dienone is 10. The zero-order valence-electron chi connectivity index (χ0n) is 21.8. The van der Waals surface area contributed by atoms with Crippen LogP contribution in [0.15, 0.2) is 77.0 Å². The molecule has 2 N–H and O–H groups in total. The van der Waals surface area contributed by atoms with E-state index in [9.17, 15) is 4.39 Å². The van der Waals surface area contributed by atoms with E-state index in [0.29, 0.717) is 23.6 Å².